The van der Waals surface area contributed by atoms with E-state index >= 15 is 0 Å². The molecule has 1 aliphatic heterocycles. The summed E-state index contributed by atoms with van der Waals surface area (Å²) in [6.07, 6.45) is 6.81. The van der Waals surface area contributed by atoms with Gasteiger partial charge in [0.25, 0.3) is 0 Å². The maximum absolute atomic E-state index is 12.3. The molecule has 1 fully saturated rings. The number of carbonyl (C=O) groups excluding carboxylic acids is 1. The molecule has 0 aromatic rings. The minimum Gasteiger partial charge on any atom is -0.444 e. The molecule has 1 rings (SSSR count). The molecule has 0 unspecified atom stereocenters. The standard InChI is InChI=1S/C22H37N3O2/c1-9-11-12-23-18(4)20(17(3)10-2)19(5)24-13-15-25(16-14-24)21(26)27-22(6,7)8/h10-12H,9,13-16H2,1-8H3/b12-11+,17-10-,20-19+,23-18+. The van der Waals surface area contributed by atoms with Gasteiger partial charge in [-0.25, -0.2) is 4.79 Å². The lowest BCUT2D eigenvalue weighted by Gasteiger charge is -2.38. The van der Waals surface area contributed by atoms with Crippen LogP contribution in [0.3, 0.4) is 0 Å². The first-order valence-electron chi connectivity index (χ1n) is 9.87. The van der Waals surface area contributed by atoms with Crippen molar-refractivity contribution in [3.63, 3.8) is 0 Å². The van der Waals surface area contributed by atoms with Crippen LogP contribution in [-0.4, -0.2) is 53.4 Å². The highest BCUT2D eigenvalue weighted by atomic mass is 16.6. The summed E-state index contributed by atoms with van der Waals surface area (Å²) in [6, 6.07) is 0. The van der Waals surface area contributed by atoms with Crippen LogP contribution in [0.1, 0.15) is 61.8 Å². The molecule has 1 aliphatic rings. The molecule has 0 aliphatic carbocycles. The molecule has 0 radical (unpaired) electrons. The summed E-state index contributed by atoms with van der Waals surface area (Å²) in [6.45, 7) is 19.1. The van der Waals surface area contributed by atoms with Gasteiger partial charge in [0.15, 0.2) is 0 Å². The van der Waals surface area contributed by atoms with Gasteiger partial charge in [-0.05, 0) is 60.5 Å². The first kappa shape index (κ1) is 23.0. The van der Waals surface area contributed by atoms with Crippen LogP contribution in [0.5, 0.6) is 0 Å². The topological polar surface area (TPSA) is 45.1 Å². The van der Waals surface area contributed by atoms with E-state index in [0.717, 1.165) is 25.2 Å². The van der Waals surface area contributed by atoms with Gasteiger partial charge in [-0.3, -0.25) is 4.99 Å². The van der Waals surface area contributed by atoms with Crippen LogP contribution in [0.4, 0.5) is 4.79 Å². The van der Waals surface area contributed by atoms with Crippen molar-refractivity contribution in [2.45, 2.75) is 67.4 Å². The molecule has 1 saturated heterocycles. The Hall–Kier alpha value is -2.04. The van der Waals surface area contributed by atoms with Crippen molar-refractivity contribution in [2.75, 3.05) is 26.2 Å². The Balaban J connectivity index is 2.94. The molecule has 0 saturated carbocycles. The molecule has 0 aromatic heterocycles. The minimum atomic E-state index is -0.459. The van der Waals surface area contributed by atoms with Crippen molar-refractivity contribution in [3.8, 4) is 0 Å². The average molecular weight is 376 g/mol. The highest BCUT2D eigenvalue weighted by Gasteiger charge is 2.26. The Kier molecular flexibility index (Phi) is 8.80. The largest absolute Gasteiger partial charge is 0.444 e. The molecule has 152 valence electrons. The van der Waals surface area contributed by atoms with E-state index in [9.17, 15) is 4.79 Å². The Morgan fingerprint density at radius 2 is 1.63 bits per heavy atom. The Labute approximate surface area is 165 Å². The second-order valence-electron chi connectivity index (χ2n) is 7.89. The number of ether oxygens (including phenoxy) is 1. The van der Waals surface area contributed by atoms with Crippen molar-refractivity contribution in [3.05, 3.63) is 35.2 Å². The van der Waals surface area contributed by atoms with Crippen molar-refractivity contribution < 1.29 is 9.53 Å². The minimum absolute atomic E-state index is 0.226. The highest BCUT2D eigenvalue weighted by molar-refractivity contribution is 6.02. The van der Waals surface area contributed by atoms with Crippen molar-refractivity contribution >= 4 is 11.8 Å². The fourth-order valence-corrected chi connectivity index (χ4v) is 3.02. The predicted molar refractivity (Wildman–Crippen MR) is 114 cm³/mol. The van der Waals surface area contributed by atoms with Gasteiger partial charge in [0.1, 0.15) is 5.60 Å². The lowest BCUT2D eigenvalue weighted by molar-refractivity contribution is 0.0168. The van der Waals surface area contributed by atoms with Crippen LogP contribution in [0.2, 0.25) is 0 Å². The number of hydrogen-bond acceptors (Lipinski definition) is 4. The lowest BCUT2D eigenvalue weighted by atomic mass is 10.00. The summed E-state index contributed by atoms with van der Waals surface area (Å²) in [4.78, 5) is 21.0. The van der Waals surface area contributed by atoms with Crippen molar-refractivity contribution in [1.29, 1.82) is 0 Å². The number of nitrogens with zero attached hydrogens (tertiary/aromatic N) is 3. The zero-order chi connectivity index (χ0) is 20.6. The van der Waals surface area contributed by atoms with Crippen LogP contribution in [0, 0.1) is 0 Å². The molecule has 0 aromatic carbocycles. The first-order chi connectivity index (χ1) is 12.6. The van der Waals surface area contributed by atoms with Crippen LogP contribution in [-0.2, 0) is 4.74 Å². The first-order valence-corrected chi connectivity index (χ1v) is 9.87. The Morgan fingerprint density at radius 3 is 2.11 bits per heavy atom. The van der Waals surface area contributed by atoms with E-state index in [4.69, 9.17) is 4.74 Å². The maximum Gasteiger partial charge on any atom is 0.410 e. The molecule has 5 heteroatoms. The second-order valence-corrected chi connectivity index (χ2v) is 7.89. The molecule has 0 spiro atoms. The number of hydrogen-bond donors (Lipinski definition) is 0. The molecule has 5 nitrogen and oxygen atoms in total. The summed E-state index contributed by atoms with van der Waals surface area (Å²) in [5, 5.41) is 0. The third-order valence-corrected chi connectivity index (χ3v) is 4.57. The van der Waals surface area contributed by atoms with Crippen LogP contribution >= 0.6 is 0 Å². The molecule has 1 heterocycles. The number of rotatable bonds is 5. The van der Waals surface area contributed by atoms with E-state index in [1.165, 1.54) is 16.8 Å². The Morgan fingerprint density at radius 1 is 1.07 bits per heavy atom. The lowest BCUT2D eigenvalue weighted by Crippen LogP contribution is -2.49. The van der Waals surface area contributed by atoms with Gasteiger partial charge in [0.05, 0.1) is 0 Å². The van der Waals surface area contributed by atoms with Crippen molar-refractivity contribution in [2.24, 2.45) is 4.99 Å². The van der Waals surface area contributed by atoms with E-state index in [2.05, 4.69) is 56.7 Å². The fraction of sp³-hybridized carbons (Fsp3) is 0.636. The maximum atomic E-state index is 12.3. The number of amides is 1. The summed E-state index contributed by atoms with van der Waals surface area (Å²) >= 11 is 0. The quantitative estimate of drug-likeness (QED) is 0.492. The van der Waals surface area contributed by atoms with Gasteiger partial charge < -0.3 is 14.5 Å². The third-order valence-electron chi connectivity index (χ3n) is 4.57. The van der Waals surface area contributed by atoms with E-state index < -0.39 is 5.60 Å². The summed E-state index contributed by atoms with van der Waals surface area (Å²) < 4.78 is 5.49. The number of aliphatic imine (C=N–C) groups is 1. The average Bonchev–Trinajstić information content (AvgIpc) is 2.60. The van der Waals surface area contributed by atoms with E-state index in [1.54, 1.807) is 4.90 Å². The molecular formula is C22H37N3O2. The van der Waals surface area contributed by atoms with Gasteiger partial charge >= 0.3 is 6.09 Å². The van der Waals surface area contributed by atoms with Gasteiger partial charge in [-0.15, -0.1) is 0 Å². The number of carbonyl (C=O) groups is 1. The summed E-state index contributed by atoms with van der Waals surface area (Å²) in [7, 11) is 0. The van der Waals surface area contributed by atoms with Crippen LogP contribution in [0.25, 0.3) is 0 Å². The van der Waals surface area contributed by atoms with Gasteiger partial charge in [-0.2, -0.15) is 0 Å². The molecular weight excluding hydrogens is 338 g/mol. The van der Waals surface area contributed by atoms with Gasteiger partial charge in [0, 0.05) is 49.4 Å². The molecule has 0 N–H and O–H groups in total. The third kappa shape index (κ3) is 7.24. The summed E-state index contributed by atoms with van der Waals surface area (Å²) in [5.74, 6) is 0. The molecule has 0 bridgehead atoms. The van der Waals surface area contributed by atoms with E-state index in [0.29, 0.717) is 13.1 Å². The number of piperazine rings is 1. The van der Waals surface area contributed by atoms with Crippen molar-refractivity contribution in [1.82, 2.24) is 9.80 Å². The smallest absolute Gasteiger partial charge is 0.410 e. The highest BCUT2D eigenvalue weighted by Crippen LogP contribution is 2.22. The predicted octanol–water partition coefficient (Wildman–Crippen LogP) is 5.16. The fourth-order valence-electron chi connectivity index (χ4n) is 3.02. The Bertz CT molecular complexity index is 628. The molecule has 1 amide bonds. The second kappa shape index (κ2) is 10.3. The monoisotopic (exact) mass is 375 g/mol. The van der Waals surface area contributed by atoms with Gasteiger partial charge in [0.2, 0.25) is 0 Å². The van der Waals surface area contributed by atoms with Gasteiger partial charge in [-0.1, -0.05) is 19.1 Å². The molecule has 27 heavy (non-hydrogen) atoms. The van der Waals surface area contributed by atoms with E-state index in [1.807, 2.05) is 27.0 Å². The zero-order valence-corrected chi connectivity index (χ0v) is 18.4. The van der Waals surface area contributed by atoms with Crippen LogP contribution in [0.15, 0.2) is 40.2 Å². The van der Waals surface area contributed by atoms with E-state index in [-0.39, 0.29) is 6.09 Å². The zero-order valence-electron chi connectivity index (χ0n) is 18.4. The van der Waals surface area contributed by atoms with Crippen LogP contribution < -0.4 is 0 Å². The summed E-state index contributed by atoms with van der Waals surface area (Å²) in [5.41, 5.74) is 4.17. The molecule has 0 atom stereocenters. The SMILES string of the molecule is C\C=C(C)/C(C(/C)=N/C=C/CC)=C(/C)N1CCN(C(=O)OC(C)(C)C)CC1. The normalized spacial score (nSPS) is 18.1. The number of allylic oxidation sites excluding steroid dienone is 5.